The van der Waals surface area contributed by atoms with Crippen LogP contribution in [0.15, 0.2) is 194 Å². The second kappa shape index (κ2) is 64.3. The lowest BCUT2D eigenvalue weighted by Crippen LogP contribution is -2.37. The summed E-state index contributed by atoms with van der Waals surface area (Å²) in [6.45, 7) is 4.12. The van der Waals surface area contributed by atoms with E-state index >= 15 is 0 Å². The lowest BCUT2D eigenvalue weighted by molar-refractivity contribution is -0.870. The Bertz CT molecular complexity index is 2150. The van der Waals surface area contributed by atoms with Gasteiger partial charge >= 0.3 is 19.8 Å². The van der Waals surface area contributed by atoms with Gasteiger partial charge in [-0.15, -0.1) is 0 Å². The molecule has 0 rings (SSSR count). The maximum Gasteiger partial charge on any atom is 0.472 e. The summed E-state index contributed by atoms with van der Waals surface area (Å²) in [7, 11) is 1.41. The number of nitrogens with zero attached hydrogens (tertiary/aromatic N) is 1. The average molecular weight is 1210 g/mol. The summed E-state index contributed by atoms with van der Waals surface area (Å²) in [6, 6.07) is 0. The Hall–Kier alpha value is -5.15. The second-order valence-electron chi connectivity index (χ2n) is 22.4. The highest BCUT2D eigenvalue weighted by Gasteiger charge is 2.27. The Morgan fingerprint density at radius 3 is 0.953 bits per heavy atom. The van der Waals surface area contributed by atoms with E-state index in [0.717, 1.165) is 141 Å². The van der Waals surface area contributed by atoms with Gasteiger partial charge in [-0.2, -0.15) is 0 Å². The number of quaternary nitrogens is 1. The van der Waals surface area contributed by atoms with Crippen LogP contribution in [0.5, 0.6) is 0 Å². The van der Waals surface area contributed by atoms with Gasteiger partial charge in [0.15, 0.2) is 6.10 Å². The fourth-order valence-corrected chi connectivity index (χ4v) is 8.85. The smallest absolute Gasteiger partial charge is 0.462 e. The minimum atomic E-state index is -4.42. The van der Waals surface area contributed by atoms with Gasteiger partial charge in [-0.1, -0.05) is 260 Å². The number of phosphoric acid groups is 1. The number of hydrogen-bond acceptors (Lipinski definition) is 7. The highest BCUT2D eigenvalue weighted by Crippen LogP contribution is 2.43. The number of phosphoric ester groups is 1. The van der Waals surface area contributed by atoms with Gasteiger partial charge in [-0.25, -0.2) is 4.57 Å². The summed E-state index contributed by atoms with van der Waals surface area (Å²) < 4.78 is 34.6. The summed E-state index contributed by atoms with van der Waals surface area (Å²) in [6.07, 6.45) is 101. The molecule has 0 aromatic carbocycles. The molecule has 0 aliphatic rings. The minimum Gasteiger partial charge on any atom is -0.462 e. The van der Waals surface area contributed by atoms with Gasteiger partial charge < -0.3 is 18.9 Å². The molecule has 0 aromatic rings. The van der Waals surface area contributed by atoms with E-state index in [4.69, 9.17) is 18.5 Å². The topological polar surface area (TPSA) is 108 Å². The summed E-state index contributed by atoms with van der Waals surface area (Å²) >= 11 is 0. The molecule has 2 unspecified atom stereocenters. The van der Waals surface area contributed by atoms with E-state index in [1.165, 1.54) is 38.5 Å². The number of hydrogen-bond donors (Lipinski definition) is 1. The summed E-state index contributed by atoms with van der Waals surface area (Å²) in [4.78, 5) is 35.8. The fourth-order valence-electron chi connectivity index (χ4n) is 8.10. The molecule has 0 aliphatic carbocycles. The van der Waals surface area contributed by atoms with Crippen LogP contribution in [-0.2, 0) is 32.7 Å². The lowest BCUT2D eigenvalue weighted by Gasteiger charge is -2.24. The standard InChI is InChI=1S/C76H120NO8P/c1-6-8-10-12-14-16-18-20-22-24-26-28-30-32-34-36-37-38-39-41-43-45-47-49-51-53-55-57-59-61-63-65-67-69-76(79)85-74(73-84-86(80,81)83-71-70-77(3,4)5)72-82-75(78)68-66-64-62-60-58-56-54-52-50-48-46-44-42-40-35-33-31-29-27-25-23-21-19-17-15-13-11-9-7-2/h8-11,14-17,20-23,26-29,32-35,37-38,41-44,47,49,53,55,59,61,74H,6-7,12-13,18-19,24-25,30-31,36,39-40,45-46,48,50-52,54,56-58,60,62-73H2,1-5H3/p+1/b10-8-,11-9-,16-14-,17-15-,22-20-,23-21-,28-26-,29-27-,34-32-,35-33-,38-37-,43-41-,44-42-,49-47-,55-53-,61-59-. The number of likely N-dealkylation sites (N-methyl/N-ethyl adjacent to an activating group) is 1. The number of ether oxygens (including phenoxy) is 2. The van der Waals surface area contributed by atoms with Crippen molar-refractivity contribution in [2.24, 2.45) is 0 Å². The van der Waals surface area contributed by atoms with Crippen LogP contribution in [0.25, 0.3) is 0 Å². The zero-order chi connectivity index (χ0) is 62.6. The van der Waals surface area contributed by atoms with Gasteiger partial charge in [0.1, 0.15) is 19.8 Å². The van der Waals surface area contributed by atoms with Crippen molar-refractivity contribution in [2.75, 3.05) is 47.5 Å². The molecule has 0 amide bonds. The van der Waals surface area contributed by atoms with Crippen molar-refractivity contribution < 1.29 is 42.1 Å². The van der Waals surface area contributed by atoms with Crippen molar-refractivity contribution in [3.8, 4) is 0 Å². The first-order valence-electron chi connectivity index (χ1n) is 33.2. The lowest BCUT2D eigenvalue weighted by atomic mass is 10.1. The van der Waals surface area contributed by atoms with Crippen LogP contribution in [0.3, 0.4) is 0 Å². The SMILES string of the molecule is CC/C=C\C/C=C\C/C=C\C/C=C\C/C=C\C/C=C\C/C=C\C/C=C\C/C=C\C/C=C\CCCCC(=O)OC(COC(=O)CCCCCCCCCCCC/C=C\C/C=C\C/C=C\C/C=C\C/C=C\C/C=C\CC)COP(=O)(O)OCC[N+](C)(C)C. The van der Waals surface area contributed by atoms with Crippen LogP contribution < -0.4 is 0 Å². The monoisotopic (exact) mass is 1210 g/mol. The third kappa shape index (κ3) is 68.0. The molecule has 0 heterocycles. The largest absolute Gasteiger partial charge is 0.472 e. The van der Waals surface area contributed by atoms with Crippen LogP contribution in [0.2, 0.25) is 0 Å². The maximum atomic E-state index is 12.8. The molecule has 86 heavy (non-hydrogen) atoms. The summed E-state index contributed by atoms with van der Waals surface area (Å²) in [5.74, 6) is -0.870. The van der Waals surface area contributed by atoms with Crippen molar-refractivity contribution in [1.82, 2.24) is 0 Å². The number of allylic oxidation sites excluding steroid dienone is 32. The highest BCUT2D eigenvalue weighted by atomic mass is 31.2. The first kappa shape index (κ1) is 80.8. The Morgan fingerprint density at radius 1 is 0.360 bits per heavy atom. The fraction of sp³-hybridized carbons (Fsp3) is 0.553. The number of carbonyl (C=O) groups is 2. The molecule has 482 valence electrons. The molecule has 10 heteroatoms. The molecule has 2 atom stereocenters. The molecular formula is C76H121NO8P+. The van der Waals surface area contributed by atoms with Gasteiger partial charge in [-0.3, -0.25) is 18.6 Å². The van der Waals surface area contributed by atoms with Crippen LogP contribution in [0, 0.1) is 0 Å². The first-order chi connectivity index (χ1) is 42.0. The second-order valence-corrected chi connectivity index (χ2v) is 23.8. The molecule has 0 fully saturated rings. The number of rotatable bonds is 58. The predicted molar refractivity (Wildman–Crippen MR) is 371 cm³/mol. The van der Waals surface area contributed by atoms with Crippen molar-refractivity contribution >= 4 is 19.8 Å². The molecule has 9 nitrogen and oxygen atoms in total. The van der Waals surface area contributed by atoms with Gasteiger partial charge in [-0.05, 0) is 141 Å². The van der Waals surface area contributed by atoms with Gasteiger partial charge in [0.25, 0.3) is 0 Å². The molecule has 0 aliphatic heterocycles. The maximum absolute atomic E-state index is 12.8. The van der Waals surface area contributed by atoms with Crippen molar-refractivity contribution in [3.05, 3.63) is 194 Å². The van der Waals surface area contributed by atoms with Crippen LogP contribution in [0.1, 0.15) is 219 Å². The average Bonchev–Trinajstić information content (AvgIpc) is 3.70. The molecule has 0 saturated heterocycles. The van der Waals surface area contributed by atoms with Crippen LogP contribution >= 0.6 is 7.82 Å². The van der Waals surface area contributed by atoms with Crippen molar-refractivity contribution in [1.29, 1.82) is 0 Å². The van der Waals surface area contributed by atoms with E-state index in [1.54, 1.807) is 0 Å². The first-order valence-corrected chi connectivity index (χ1v) is 34.7. The molecule has 0 aromatic heterocycles. The Balaban J connectivity index is 4.27. The third-order valence-electron chi connectivity index (χ3n) is 13.1. The Labute approximate surface area is 526 Å². The molecule has 0 spiro atoms. The van der Waals surface area contributed by atoms with Gasteiger partial charge in [0, 0.05) is 12.8 Å². The van der Waals surface area contributed by atoms with E-state index in [-0.39, 0.29) is 26.1 Å². The Kier molecular flexibility index (Phi) is 60.5. The third-order valence-corrected chi connectivity index (χ3v) is 14.1. The summed E-state index contributed by atoms with van der Waals surface area (Å²) in [5.41, 5.74) is 0. The molecule has 0 bridgehead atoms. The zero-order valence-corrected chi connectivity index (χ0v) is 55.6. The van der Waals surface area contributed by atoms with Gasteiger partial charge in [0.05, 0.1) is 27.7 Å². The van der Waals surface area contributed by atoms with Crippen molar-refractivity contribution in [3.63, 3.8) is 0 Å². The molecule has 0 radical (unpaired) electrons. The minimum absolute atomic E-state index is 0.0108. The zero-order valence-electron chi connectivity index (χ0n) is 54.7. The number of esters is 2. The number of unbranched alkanes of at least 4 members (excludes halogenated alkanes) is 12. The van der Waals surface area contributed by atoms with E-state index < -0.39 is 32.5 Å². The van der Waals surface area contributed by atoms with E-state index in [9.17, 15) is 19.0 Å². The molecule has 1 N–H and O–H groups in total. The van der Waals surface area contributed by atoms with E-state index in [2.05, 4.69) is 208 Å². The van der Waals surface area contributed by atoms with Crippen LogP contribution in [0.4, 0.5) is 0 Å². The highest BCUT2D eigenvalue weighted by molar-refractivity contribution is 7.47. The number of carbonyl (C=O) groups excluding carboxylic acids is 2. The Morgan fingerprint density at radius 2 is 0.628 bits per heavy atom. The van der Waals surface area contributed by atoms with Crippen LogP contribution in [-0.4, -0.2) is 74.9 Å². The quantitative estimate of drug-likeness (QED) is 0.0211. The normalized spacial score (nSPS) is 14.4. The van der Waals surface area contributed by atoms with E-state index in [0.29, 0.717) is 23.9 Å². The van der Waals surface area contributed by atoms with Crippen molar-refractivity contribution in [2.45, 2.75) is 225 Å². The predicted octanol–water partition coefficient (Wildman–Crippen LogP) is 21.7. The van der Waals surface area contributed by atoms with Gasteiger partial charge in [0.2, 0.25) is 0 Å². The molecular weight excluding hydrogens is 1090 g/mol. The summed E-state index contributed by atoms with van der Waals surface area (Å²) in [5, 5.41) is 0. The molecule has 0 saturated carbocycles. The van der Waals surface area contributed by atoms with E-state index in [1.807, 2.05) is 21.1 Å².